The lowest BCUT2D eigenvalue weighted by molar-refractivity contribution is -0.122. The minimum absolute atomic E-state index is 0.0650. The van der Waals surface area contributed by atoms with E-state index >= 15 is 0 Å². The van der Waals surface area contributed by atoms with Crippen LogP contribution in [0.3, 0.4) is 0 Å². The summed E-state index contributed by atoms with van der Waals surface area (Å²) in [6.07, 6.45) is 8.23. The van der Waals surface area contributed by atoms with Crippen LogP contribution in [-0.2, 0) is 4.79 Å². The second-order valence-corrected chi connectivity index (χ2v) is 9.72. The van der Waals surface area contributed by atoms with E-state index in [1.807, 2.05) is 30.3 Å². The lowest BCUT2D eigenvalue weighted by atomic mass is 9.85. The number of H-pyrrole nitrogens is 2. The highest BCUT2D eigenvalue weighted by Crippen LogP contribution is 2.35. The molecule has 7 rings (SSSR count). The lowest BCUT2D eigenvalue weighted by Gasteiger charge is -2.24. The molecule has 0 atom stereocenters. The Morgan fingerprint density at radius 2 is 1.76 bits per heavy atom. The first kappa shape index (κ1) is 22.4. The predicted molar refractivity (Wildman–Crippen MR) is 146 cm³/mol. The van der Waals surface area contributed by atoms with E-state index in [0.29, 0.717) is 5.69 Å². The third kappa shape index (κ3) is 3.91. The van der Waals surface area contributed by atoms with Gasteiger partial charge in [-0.1, -0.05) is 24.6 Å². The molecule has 6 aromatic rings. The maximum Gasteiger partial charge on any atom is 0.227 e. The van der Waals surface area contributed by atoms with Gasteiger partial charge in [0.2, 0.25) is 5.91 Å². The van der Waals surface area contributed by atoms with Gasteiger partial charge in [-0.25, -0.2) is 9.37 Å². The summed E-state index contributed by atoms with van der Waals surface area (Å²) in [4.78, 5) is 24.7. The predicted octanol–water partition coefficient (Wildman–Crippen LogP) is 6.71. The molecule has 1 aliphatic carbocycles. The number of anilines is 1. The van der Waals surface area contributed by atoms with Crippen molar-refractivity contribution < 1.29 is 9.18 Å². The number of fused-ring (bicyclic) bond motifs is 2. The Bertz CT molecular complexity index is 1820. The number of nitrogens with zero attached hydrogens (tertiary/aromatic N) is 3. The fraction of sp³-hybridized carbons (Fsp3) is 0.133. The number of hydrogen-bond donors (Lipinski definition) is 3. The van der Waals surface area contributed by atoms with Crippen molar-refractivity contribution in [3.63, 3.8) is 0 Å². The number of pyridine rings is 2. The molecule has 1 saturated carbocycles. The van der Waals surface area contributed by atoms with Gasteiger partial charge in [0.1, 0.15) is 17.2 Å². The van der Waals surface area contributed by atoms with Crippen molar-refractivity contribution in [1.82, 2.24) is 25.1 Å². The van der Waals surface area contributed by atoms with Gasteiger partial charge in [-0.05, 0) is 72.0 Å². The first-order valence-corrected chi connectivity index (χ1v) is 12.6. The molecule has 0 bridgehead atoms. The van der Waals surface area contributed by atoms with E-state index in [-0.39, 0.29) is 17.6 Å². The molecule has 1 fully saturated rings. The lowest BCUT2D eigenvalue weighted by Crippen LogP contribution is -2.28. The standard InChI is InChI=1S/C30H23FN6O/c31-21-7-4-17(5-8-21)23-10-11-33-29-24(23)14-27(35-29)28-25-13-19(6-9-26(25)36-37-28)20-12-22(16-32-15-20)34-30(38)18-2-1-3-18/h4-16,18H,1-3H2,(H,33,35)(H,34,38)(H,36,37). The summed E-state index contributed by atoms with van der Waals surface area (Å²) in [5.74, 6) is -0.0952. The van der Waals surface area contributed by atoms with Gasteiger partial charge in [-0.15, -0.1) is 0 Å². The molecule has 7 nitrogen and oxygen atoms in total. The van der Waals surface area contributed by atoms with Gasteiger partial charge in [-0.3, -0.25) is 14.9 Å². The summed E-state index contributed by atoms with van der Waals surface area (Å²) in [7, 11) is 0. The Kier molecular flexibility index (Phi) is 5.25. The molecule has 4 aromatic heterocycles. The van der Waals surface area contributed by atoms with Crippen LogP contribution in [0.1, 0.15) is 19.3 Å². The Morgan fingerprint density at radius 1 is 0.921 bits per heavy atom. The van der Waals surface area contributed by atoms with Crippen molar-refractivity contribution in [2.24, 2.45) is 5.92 Å². The van der Waals surface area contributed by atoms with Gasteiger partial charge in [0.05, 0.1) is 23.1 Å². The average Bonchev–Trinajstić information content (AvgIpc) is 3.52. The Hall–Kier alpha value is -4.85. The number of carbonyl (C=O) groups excluding carboxylic acids is 1. The molecule has 0 spiro atoms. The number of hydrogen-bond acceptors (Lipinski definition) is 4. The van der Waals surface area contributed by atoms with Crippen LogP contribution in [0.25, 0.3) is 55.6 Å². The second-order valence-electron chi connectivity index (χ2n) is 9.72. The highest BCUT2D eigenvalue weighted by Gasteiger charge is 2.25. The van der Waals surface area contributed by atoms with Crippen LogP contribution in [0.2, 0.25) is 0 Å². The summed E-state index contributed by atoms with van der Waals surface area (Å²) in [6, 6.07) is 18.4. The fourth-order valence-electron chi connectivity index (χ4n) is 5.02. The van der Waals surface area contributed by atoms with E-state index in [1.165, 1.54) is 12.1 Å². The molecular weight excluding hydrogens is 479 g/mol. The van der Waals surface area contributed by atoms with E-state index in [4.69, 9.17) is 0 Å². The molecule has 1 aliphatic rings. The van der Waals surface area contributed by atoms with E-state index in [0.717, 1.165) is 74.8 Å². The van der Waals surface area contributed by atoms with Crippen molar-refractivity contribution in [2.45, 2.75) is 19.3 Å². The summed E-state index contributed by atoms with van der Waals surface area (Å²) in [5.41, 5.74) is 7.67. The zero-order chi connectivity index (χ0) is 25.6. The number of aromatic amines is 2. The number of rotatable bonds is 5. The summed E-state index contributed by atoms with van der Waals surface area (Å²) in [5, 5.41) is 12.6. The van der Waals surface area contributed by atoms with Crippen molar-refractivity contribution in [3.8, 4) is 33.6 Å². The van der Waals surface area contributed by atoms with Gasteiger partial charge < -0.3 is 10.3 Å². The maximum absolute atomic E-state index is 13.5. The van der Waals surface area contributed by atoms with Crippen molar-refractivity contribution in [3.05, 3.63) is 85.1 Å². The van der Waals surface area contributed by atoms with Crippen molar-refractivity contribution in [2.75, 3.05) is 5.32 Å². The summed E-state index contributed by atoms with van der Waals surface area (Å²) >= 11 is 0. The second kappa shape index (κ2) is 8.92. The maximum atomic E-state index is 13.5. The third-order valence-corrected chi connectivity index (χ3v) is 7.32. The molecule has 38 heavy (non-hydrogen) atoms. The van der Waals surface area contributed by atoms with Crippen LogP contribution < -0.4 is 5.32 Å². The summed E-state index contributed by atoms with van der Waals surface area (Å²) < 4.78 is 13.5. The van der Waals surface area contributed by atoms with E-state index in [9.17, 15) is 9.18 Å². The number of aromatic nitrogens is 5. The normalized spacial score (nSPS) is 13.6. The first-order chi connectivity index (χ1) is 18.6. The molecule has 0 aliphatic heterocycles. The molecular formula is C30H23FN6O. The Labute approximate surface area is 217 Å². The molecule has 0 saturated heterocycles. The number of halogens is 1. The average molecular weight is 503 g/mol. The van der Waals surface area contributed by atoms with Crippen LogP contribution >= 0.6 is 0 Å². The van der Waals surface area contributed by atoms with E-state index in [1.54, 1.807) is 30.7 Å². The van der Waals surface area contributed by atoms with Crippen LogP contribution in [0.4, 0.5) is 10.1 Å². The van der Waals surface area contributed by atoms with Crippen LogP contribution in [0.5, 0.6) is 0 Å². The molecule has 0 unspecified atom stereocenters. The molecule has 1 amide bonds. The monoisotopic (exact) mass is 502 g/mol. The minimum atomic E-state index is -0.269. The van der Waals surface area contributed by atoms with E-state index < -0.39 is 0 Å². The van der Waals surface area contributed by atoms with Gasteiger partial charge in [0.15, 0.2) is 0 Å². The Balaban J connectivity index is 1.26. The molecule has 8 heteroatoms. The largest absolute Gasteiger partial charge is 0.338 e. The van der Waals surface area contributed by atoms with Crippen LogP contribution in [-0.4, -0.2) is 31.1 Å². The van der Waals surface area contributed by atoms with Crippen LogP contribution in [0, 0.1) is 11.7 Å². The van der Waals surface area contributed by atoms with Crippen LogP contribution in [0.15, 0.2) is 79.3 Å². The minimum Gasteiger partial charge on any atom is -0.338 e. The SMILES string of the molecule is O=C(Nc1cncc(-c2ccc3[nH]nc(-c4cc5c(-c6ccc(F)cc6)ccnc5[nH]4)c3c2)c1)C1CCC1. The molecule has 0 radical (unpaired) electrons. The number of benzene rings is 2. The quantitative estimate of drug-likeness (QED) is 0.244. The van der Waals surface area contributed by atoms with Gasteiger partial charge in [0, 0.05) is 34.6 Å². The van der Waals surface area contributed by atoms with Gasteiger partial charge in [-0.2, -0.15) is 5.10 Å². The number of nitrogens with one attached hydrogen (secondary N) is 3. The van der Waals surface area contributed by atoms with Gasteiger partial charge >= 0.3 is 0 Å². The highest BCUT2D eigenvalue weighted by atomic mass is 19.1. The number of amides is 1. The zero-order valence-electron chi connectivity index (χ0n) is 20.3. The molecule has 3 N–H and O–H groups in total. The molecule has 4 heterocycles. The highest BCUT2D eigenvalue weighted by molar-refractivity contribution is 6.01. The molecule has 2 aromatic carbocycles. The fourth-order valence-corrected chi connectivity index (χ4v) is 5.02. The zero-order valence-corrected chi connectivity index (χ0v) is 20.3. The topological polar surface area (TPSA) is 99.3 Å². The summed E-state index contributed by atoms with van der Waals surface area (Å²) in [6.45, 7) is 0. The smallest absolute Gasteiger partial charge is 0.227 e. The Morgan fingerprint density at radius 3 is 2.58 bits per heavy atom. The van der Waals surface area contributed by atoms with E-state index in [2.05, 4.69) is 36.5 Å². The number of carbonyl (C=O) groups is 1. The first-order valence-electron chi connectivity index (χ1n) is 12.6. The molecule has 186 valence electrons. The van der Waals surface area contributed by atoms with Gasteiger partial charge in [0.25, 0.3) is 0 Å². The van der Waals surface area contributed by atoms with Crippen molar-refractivity contribution in [1.29, 1.82) is 0 Å². The van der Waals surface area contributed by atoms with Crippen molar-refractivity contribution >= 4 is 33.5 Å². The third-order valence-electron chi connectivity index (χ3n) is 7.32.